The SMILES string of the molecule is C=C(C)C(=O)OCC1CCC(C=O)O1. The maximum absolute atomic E-state index is 11.0. The fourth-order valence-corrected chi connectivity index (χ4v) is 1.25. The number of carbonyl (C=O) groups excluding carboxylic acids is 2. The average molecular weight is 198 g/mol. The van der Waals surface area contributed by atoms with Crippen molar-refractivity contribution in [2.75, 3.05) is 6.61 Å². The molecular formula is C10H14O4. The van der Waals surface area contributed by atoms with Gasteiger partial charge in [-0.05, 0) is 19.8 Å². The third-order valence-corrected chi connectivity index (χ3v) is 2.04. The standard InChI is InChI=1S/C10H14O4/c1-7(2)10(12)13-6-9-4-3-8(5-11)14-9/h5,8-9H,1,3-4,6H2,2H3. The number of rotatable bonds is 4. The summed E-state index contributed by atoms with van der Waals surface area (Å²) in [4.78, 5) is 21.4. The summed E-state index contributed by atoms with van der Waals surface area (Å²) in [5.74, 6) is -0.414. The summed E-state index contributed by atoms with van der Waals surface area (Å²) in [6.07, 6.45) is 1.77. The van der Waals surface area contributed by atoms with E-state index in [4.69, 9.17) is 9.47 Å². The number of carbonyl (C=O) groups is 2. The van der Waals surface area contributed by atoms with E-state index in [0.717, 1.165) is 12.7 Å². The molecule has 14 heavy (non-hydrogen) atoms. The summed E-state index contributed by atoms with van der Waals surface area (Å²) in [6, 6.07) is 0. The van der Waals surface area contributed by atoms with Crippen LogP contribution in [-0.4, -0.2) is 31.1 Å². The van der Waals surface area contributed by atoms with Crippen molar-refractivity contribution < 1.29 is 19.1 Å². The summed E-state index contributed by atoms with van der Waals surface area (Å²) in [7, 11) is 0. The number of aldehydes is 1. The van der Waals surface area contributed by atoms with Crippen LogP contribution in [0.3, 0.4) is 0 Å². The van der Waals surface area contributed by atoms with Crippen LogP contribution >= 0.6 is 0 Å². The van der Waals surface area contributed by atoms with E-state index in [9.17, 15) is 9.59 Å². The number of hydrogen-bond donors (Lipinski definition) is 0. The smallest absolute Gasteiger partial charge is 0.333 e. The molecule has 0 aromatic rings. The Morgan fingerprint density at radius 3 is 2.86 bits per heavy atom. The monoisotopic (exact) mass is 198 g/mol. The predicted molar refractivity (Wildman–Crippen MR) is 49.7 cm³/mol. The number of ether oxygens (including phenoxy) is 2. The third kappa shape index (κ3) is 2.96. The van der Waals surface area contributed by atoms with Crippen molar-refractivity contribution >= 4 is 12.3 Å². The van der Waals surface area contributed by atoms with Crippen LogP contribution in [0.2, 0.25) is 0 Å². The molecule has 78 valence electrons. The van der Waals surface area contributed by atoms with Gasteiger partial charge < -0.3 is 14.3 Å². The first-order chi connectivity index (χ1) is 6.63. The highest BCUT2D eigenvalue weighted by molar-refractivity contribution is 5.86. The van der Waals surface area contributed by atoms with Crippen LogP contribution < -0.4 is 0 Å². The first-order valence-electron chi connectivity index (χ1n) is 4.57. The highest BCUT2D eigenvalue weighted by Gasteiger charge is 2.25. The van der Waals surface area contributed by atoms with E-state index in [1.165, 1.54) is 0 Å². The lowest BCUT2D eigenvalue weighted by Gasteiger charge is -2.10. The second-order valence-electron chi connectivity index (χ2n) is 3.39. The van der Waals surface area contributed by atoms with Crippen molar-refractivity contribution in [2.45, 2.75) is 32.0 Å². The topological polar surface area (TPSA) is 52.6 Å². The van der Waals surface area contributed by atoms with Gasteiger partial charge in [-0.15, -0.1) is 0 Å². The normalized spacial score (nSPS) is 25.8. The van der Waals surface area contributed by atoms with E-state index < -0.39 is 5.97 Å². The van der Waals surface area contributed by atoms with Crippen molar-refractivity contribution in [1.29, 1.82) is 0 Å². The minimum Gasteiger partial charge on any atom is -0.460 e. The Morgan fingerprint density at radius 2 is 2.36 bits per heavy atom. The van der Waals surface area contributed by atoms with Crippen LogP contribution in [0.15, 0.2) is 12.2 Å². The molecular weight excluding hydrogens is 184 g/mol. The van der Waals surface area contributed by atoms with Crippen LogP contribution in [0.25, 0.3) is 0 Å². The van der Waals surface area contributed by atoms with Gasteiger partial charge in [-0.2, -0.15) is 0 Å². The minimum absolute atomic E-state index is 0.145. The molecule has 0 aromatic heterocycles. The minimum atomic E-state index is -0.414. The number of hydrogen-bond acceptors (Lipinski definition) is 4. The van der Waals surface area contributed by atoms with Gasteiger partial charge in [0.05, 0.1) is 6.10 Å². The van der Waals surface area contributed by atoms with Gasteiger partial charge in [-0.25, -0.2) is 4.79 Å². The van der Waals surface area contributed by atoms with E-state index in [2.05, 4.69) is 6.58 Å². The lowest BCUT2D eigenvalue weighted by atomic mass is 10.2. The second-order valence-corrected chi connectivity index (χ2v) is 3.39. The molecule has 0 aliphatic carbocycles. The third-order valence-electron chi connectivity index (χ3n) is 2.04. The lowest BCUT2D eigenvalue weighted by Crippen LogP contribution is -2.20. The van der Waals surface area contributed by atoms with E-state index in [1.807, 2.05) is 0 Å². The van der Waals surface area contributed by atoms with Crippen molar-refractivity contribution in [1.82, 2.24) is 0 Å². The zero-order valence-electron chi connectivity index (χ0n) is 8.19. The van der Waals surface area contributed by atoms with Crippen LogP contribution in [0.4, 0.5) is 0 Å². The quantitative estimate of drug-likeness (QED) is 0.382. The molecule has 0 amide bonds. The van der Waals surface area contributed by atoms with Crippen LogP contribution in [0, 0.1) is 0 Å². The van der Waals surface area contributed by atoms with Crippen molar-refractivity contribution in [2.24, 2.45) is 0 Å². The van der Waals surface area contributed by atoms with Gasteiger partial charge in [-0.1, -0.05) is 6.58 Å². The van der Waals surface area contributed by atoms with Crippen molar-refractivity contribution in [3.8, 4) is 0 Å². The van der Waals surface area contributed by atoms with E-state index in [1.54, 1.807) is 6.92 Å². The lowest BCUT2D eigenvalue weighted by molar-refractivity contribution is -0.143. The molecule has 2 unspecified atom stereocenters. The highest BCUT2D eigenvalue weighted by Crippen LogP contribution is 2.18. The molecule has 1 saturated heterocycles. The highest BCUT2D eigenvalue weighted by atomic mass is 16.6. The largest absolute Gasteiger partial charge is 0.460 e. The summed E-state index contributed by atoms with van der Waals surface area (Å²) in [6.45, 7) is 5.25. The zero-order valence-corrected chi connectivity index (χ0v) is 8.19. The maximum Gasteiger partial charge on any atom is 0.333 e. The van der Waals surface area contributed by atoms with E-state index in [0.29, 0.717) is 12.0 Å². The van der Waals surface area contributed by atoms with Gasteiger partial charge in [0.1, 0.15) is 19.0 Å². The van der Waals surface area contributed by atoms with Gasteiger partial charge in [0.15, 0.2) is 0 Å². The molecule has 1 aliphatic rings. The summed E-state index contributed by atoms with van der Waals surface area (Å²) < 4.78 is 10.2. The molecule has 1 rings (SSSR count). The van der Waals surface area contributed by atoms with Gasteiger partial charge in [-0.3, -0.25) is 0 Å². The Morgan fingerprint density at radius 1 is 1.64 bits per heavy atom. The van der Waals surface area contributed by atoms with E-state index >= 15 is 0 Å². The summed E-state index contributed by atoms with van der Waals surface area (Å²) in [5, 5.41) is 0. The molecule has 0 N–H and O–H groups in total. The molecule has 0 saturated carbocycles. The second kappa shape index (κ2) is 4.91. The molecule has 0 radical (unpaired) electrons. The van der Waals surface area contributed by atoms with Gasteiger partial charge in [0.25, 0.3) is 0 Å². The fraction of sp³-hybridized carbons (Fsp3) is 0.600. The Kier molecular flexibility index (Phi) is 3.83. The van der Waals surface area contributed by atoms with Gasteiger partial charge in [0.2, 0.25) is 0 Å². The van der Waals surface area contributed by atoms with Crippen LogP contribution in [0.5, 0.6) is 0 Å². The van der Waals surface area contributed by atoms with Crippen molar-refractivity contribution in [3.63, 3.8) is 0 Å². The van der Waals surface area contributed by atoms with Crippen LogP contribution in [-0.2, 0) is 19.1 Å². The molecule has 1 heterocycles. The molecule has 2 atom stereocenters. The molecule has 4 heteroatoms. The molecule has 0 bridgehead atoms. The Bertz CT molecular complexity index is 247. The van der Waals surface area contributed by atoms with Gasteiger partial charge in [0, 0.05) is 5.57 Å². The first kappa shape index (κ1) is 10.9. The average Bonchev–Trinajstić information content (AvgIpc) is 2.61. The Balaban J connectivity index is 2.23. The molecule has 4 nitrogen and oxygen atoms in total. The zero-order chi connectivity index (χ0) is 10.6. The fourth-order valence-electron chi connectivity index (χ4n) is 1.25. The Hall–Kier alpha value is -1.16. The van der Waals surface area contributed by atoms with Crippen LogP contribution in [0.1, 0.15) is 19.8 Å². The maximum atomic E-state index is 11.0. The molecule has 0 aromatic carbocycles. The first-order valence-corrected chi connectivity index (χ1v) is 4.57. The summed E-state index contributed by atoms with van der Waals surface area (Å²) in [5.41, 5.74) is 0.370. The van der Waals surface area contributed by atoms with Crippen molar-refractivity contribution in [3.05, 3.63) is 12.2 Å². The molecule has 1 aliphatic heterocycles. The molecule has 1 fully saturated rings. The summed E-state index contributed by atoms with van der Waals surface area (Å²) >= 11 is 0. The van der Waals surface area contributed by atoms with E-state index in [-0.39, 0.29) is 18.8 Å². The number of esters is 1. The Labute approximate surface area is 82.9 Å². The van der Waals surface area contributed by atoms with Gasteiger partial charge >= 0.3 is 5.97 Å². The predicted octanol–water partition coefficient (Wildman–Crippen LogP) is 0.852. The molecule has 0 spiro atoms.